The zero-order chi connectivity index (χ0) is 13.0. The van der Waals surface area contributed by atoms with Gasteiger partial charge in [0.15, 0.2) is 0 Å². The van der Waals surface area contributed by atoms with Crippen molar-refractivity contribution in [1.82, 2.24) is 5.32 Å². The molecule has 1 aliphatic rings. The third kappa shape index (κ3) is 3.03. The number of aliphatic hydroxyl groups is 1. The first kappa shape index (κ1) is 13.4. The highest BCUT2D eigenvalue weighted by Crippen LogP contribution is 2.25. The first-order chi connectivity index (χ1) is 8.64. The van der Waals surface area contributed by atoms with Crippen LogP contribution in [0.3, 0.4) is 0 Å². The molecule has 100 valence electrons. The lowest BCUT2D eigenvalue weighted by Crippen LogP contribution is -2.50. The largest absolute Gasteiger partial charge is 0.388 e. The van der Waals surface area contributed by atoms with Crippen LogP contribution in [0.25, 0.3) is 0 Å². The number of hydrogen-bond acceptors (Lipinski definition) is 3. The lowest BCUT2D eigenvalue weighted by atomic mass is 9.91. The Labute approximate surface area is 110 Å². The van der Waals surface area contributed by atoms with Gasteiger partial charge in [0, 0.05) is 18.8 Å². The maximum atomic E-state index is 10.6. The molecule has 0 amide bonds. The molecule has 1 aromatic rings. The highest BCUT2D eigenvalue weighted by atomic mass is 16.3. The Hall–Kier alpha value is -1.06. The van der Waals surface area contributed by atoms with E-state index in [-0.39, 0.29) is 0 Å². The molecule has 0 aliphatic carbocycles. The van der Waals surface area contributed by atoms with Crippen LogP contribution in [-0.2, 0) is 0 Å². The van der Waals surface area contributed by atoms with E-state index >= 15 is 0 Å². The van der Waals surface area contributed by atoms with Gasteiger partial charge in [-0.25, -0.2) is 0 Å². The molecule has 1 heterocycles. The summed E-state index contributed by atoms with van der Waals surface area (Å²) in [7, 11) is 0. The van der Waals surface area contributed by atoms with Crippen LogP contribution in [0, 0.1) is 6.92 Å². The van der Waals surface area contributed by atoms with Crippen molar-refractivity contribution in [3.8, 4) is 0 Å². The first-order valence-electron chi connectivity index (χ1n) is 6.88. The second kappa shape index (κ2) is 5.72. The van der Waals surface area contributed by atoms with Gasteiger partial charge < -0.3 is 15.3 Å². The monoisotopic (exact) mass is 248 g/mol. The fourth-order valence-electron chi connectivity index (χ4n) is 2.69. The van der Waals surface area contributed by atoms with Crippen LogP contribution in [0.15, 0.2) is 24.3 Å². The molecule has 3 heteroatoms. The first-order valence-corrected chi connectivity index (χ1v) is 6.88. The van der Waals surface area contributed by atoms with E-state index in [1.54, 1.807) is 0 Å². The van der Waals surface area contributed by atoms with Crippen LogP contribution >= 0.6 is 0 Å². The van der Waals surface area contributed by atoms with E-state index in [2.05, 4.69) is 48.3 Å². The van der Waals surface area contributed by atoms with Crippen molar-refractivity contribution >= 4 is 5.69 Å². The Morgan fingerprint density at radius 1 is 1.28 bits per heavy atom. The van der Waals surface area contributed by atoms with Gasteiger partial charge in [0.2, 0.25) is 0 Å². The highest BCUT2D eigenvalue weighted by Gasteiger charge is 2.31. The number of piperidine rings is 1. The molecule has 0 radical (unpaired) electrons. The Bertz CT molecular complexity index is 386. The second-order valence-electron chi connectivity index (χ2n) is 5.28. The molecule has 18 heavy (non-hydrogen) atoms. The quantitative estimate of drug-likeness (QED) is 0.855. The van der Waals surface area contributed by atoms with Crippen molar-refractivity contribution < 1.29 is 5.11 Å². The number of hydrogen-bond donors (Lipinski definition) is 2. The number of likely N-dealkylation sites (N-methyl/N-ethyl adjacent to an activating group) is 1. The molecule has 0 bridgehead atoms. The fourth-order valence-corrected chi connectivity index (χ4v) is 2.69. The van der Waals surface area contributed by atoms with E-state index in [0.717, 1.165) is 39.0 Å². The highest BCUT2D eigenvalue weighted by molar-refractivity contribution is 5.53. The van der Waals surface area contributed by atoms with Gasteiger partial charge in [-0.3, -0.25) is 0 Å². The predicted molar refractivity (Wildman–Crippen MR) is 76.1 cm³/mol. The van der Waals surface area contributed by atoms with Crippen molar-refractivity contribution in [3.05, 3.63) is 29.8 Å². The maximum absolute atomic E-state index is 10.6. The number of nitrogens with one attached hydrogen (secondary N) is 1. The van der Waals surface area contributed by atoms with Gasteiger partial charge in [0.05, 0.1) is 5.60 Å². The summed E-state index contributed by atoms with van der Waals surface area (Å²) >= 11 is 0. The van der Waals surface area contributed by atoms with Gasteiger partial charge in [0.25, 0.3) is 0 Å². The van der Waals surface area contributed by atoms with Gasteiger partial charge in [-0.05, 0) is 51.4 Å². The van der Waals surface area contributed by atoms with Crippen LogP contribution in [0.1, 0.15) is 25.3 Å². The van der Waals surface area contributed by atoms with Gasteiger partial charge in [0.1, 0.15) is 0 Å². The molecule has 1 aliphatic heterocycles. The predicted octanol–water partition coefficient (Wildman–Crippen LogP) is 1.94. The number of aryl methyl sites for hydroxylation is 1. The maximum Gasteiger partial charge on any atom is 0.0845 e. The summed E-state index contributed by atoms with van der Waals surface area (Å²) < 4.78 is 0. The van der Waals surface area contributed by atoms with Crippen LogP contribution in [0.4, 0.5) is 5.69 Å². The standard InChI is InChI=1S/C15H24N2O/c1-3-17(14-7-5-4-6-13(14)2)12-15(18)8-10-16-11-9-15/h4-7,16,18H,3,8-12H2,1-2H3. The van der Waals surface area contributed by atoms with Gasteiger partial charge in [-0.1, -0.05) is 18.2 Å². The number of nitrogens with zero attached hydrogens (tertiary/aromatic N) is 1. The minimum absolute atomic E-state index is 0.538. The van der Waals surface area contributed by atoms with Crippen LogP contribution in [0.5, 0.6) is 0 Å². The Morgan fingerprint density at radius 2 is 1.94 bits per heavy atom. The van der Waals surface area contributed by atoms with Crippen molar-refractivity contribution in [3.63, 3.8) is 0 Å². The second-order valence-corrected chi connectivity index (χ2v) is 5.28. The molecule has 0 unspecified atom stereocenters. The summed E-state index contributed by atoms with van der Waals surface area (Å²) in [5.41, 5.74) is 1.98. The fraction of sp³-hybridized carbons (Fsp3) is 0.600. The molecule has 0 atom stereocenters. The van der Waals surface area contributed by atoms with Crippen LogP contribution in [-0.4, -0.2) is 36.9 Å². The molecular formula is C15H24N2O. The van der Waals surface area contributed by atoms with Crippen molar-refractivity contribution in [2.24, 2.45) is 0 Å². The van der Waals surface area contributed by atoms with E-state index in [1.807, 2.05) is 0 Å². The Morgan fingerprint density at radius 3 is 2.56 bits per heavy atom. The summed E-state index contributed by atoms with van der Waals surface area (Å²) in [6.07, 6.45) is 1.69. The summed E-state index contributed by atoms with van der Waals surface area (Å²) in [6.45, 7) is 7.78. The molecule has 0 spiro atoms. The topological polar surface area (TPSA) is 35.5 Å². The van der Waals surface area contributed by atoms with Crippen molar-refractivity contribution in [1.29, 1.82) is 0 Å². The SMILES string of the molecule is CCN(CC1(O)CCNCC1)c1ccccc1C. The van der Waals surface area contributed by atoms with Gasteiger partial charge in [-0.2, -0.15) is 0 Å². The number of para-hydroxylation sites is 1. The minimum atomic E-state index is -0.538. The average Bonchev–Trinajstić information content (AvgIpc) is 2.38. The number of anilines is 1. The van der Waals surface area contributed by atoms with E-state index in [0.29, 0.717) is 0 Å². The van der Waals surface area contributed by atoms with Crippen molar-refractivity contribution in [2.75, 3.05) is 31.1 Å². The van der Waals surface area contributed by atoms with Gasteiger partial charge >= 0.3 is 0 Å². The third-order valence-electron chi connectivity index (χ3n) is 3.86. The van der Waals surface area contributed by atoms with E-state index in [9.17, 15) is 5.11 Å². The summed E-state index contributed by atoms with van der Waals surface area (Å²) in [4.78, 5) is 2.29. The average molecular weight is 248 g/mol. The molecule has 2 N–H and O–H groups in total. The summed E-state index contributed by atoms with van der Waals surface area (Å²) in [5.74, 6) is 0. The molecule has 0 saturated carbocycles. The molecule has 3 nitrogen and oxygen atoms in total. The molecule has 2 rings (SSSR count). The zero-order valence-electron chi connectivity index (χ0n) is 11.4. The normalized spacial score (nSPS) is 18.6. The summed E-state index contributed by atoms with van der Waals surface area (Å²) in [5, 5.41) is 13.9. The smallest absolute Gasteiger partial charge is 0.0845 e. The molecule has 0 aromatic heterocycles. The van der Waals surface area contributed by atoms with Crippen LogP contribution in [0.2, 0.25) is 0 Å². The Kier molecular flexibility index (Phi) is 4.25. The van der Waals surface area contributed by atoms with Gasteiger partial charge in [-0.15, -0.1) is 0 Å². The van der Waals surface area contributed by atoms with E-state index in [1.165, 1.54) is 11.3 Å². The lowest BCUT2D eigenvalue weighted by Gasteiger charge is -2.38. The lowest BCUT2D eigenvalue weighted by molar-refractivity contribution is 0.0175. The van der Waals surface area contributed by atoms with E-state index < -0.39 is 5.60 Å². The minimum Gasteiger partial charge on any atom is -0.388 e. The molecular weight excluding hydrogens is 224 g/mol. The number of rotatable bonds is 4. The molecule has 1 saturated heterocycles. The Balaban J connectivity index is 2.12. The van der Waals surface area contributed by atoms with Crippen LogP contribution < -0.4 is 10.2 Å². The van der Waals surface area contributed by atoms with Crippen molar-refractivity contribution in [2.45, 2.75) is 32.3 Å². The summed E-state index contributed by atoms with van der Waals surface area (Å²) in [6, 6.07) is 8.40. The molecule has 1 fully saturated rings. The number of benzene rings is 1. The zero-order valence-corrected chi connectivity index (χ0v) is 11.4. The van der Waals surface area contributed by atoms with E-state index in [4.69, 9.17) is 0 Å². The third-order valence-corrected chi connectivity index (χ3v) is 3.86. The molecule has 1 aromatic carbocycles.